The lowest BCUT2D eigenvalue weighted by Gasteiger charge is -2.49. The molecular formula is C70H66O16Si. The van der Waals surface area contributed by atoms with Crippen LogP contribution in [0.5, 0.6) is 0 Å². The number of carbonyl (C=O) groups excluding carboxylic acids is 5. The van der Waals surface area contributed by atoms with Crippen LogP contribution in [0.25, 0.3) is 0 Å². The molecule has 0 radical (unpaired) electrons. The summed E-state index contributed by atoms with van der Waals surface area (Å²) in [6, 6.07) is 69.4. The van der Waals surface area contributed by atoms with Crippen LogP contribution in [0.2, 0.25) is 5.04 Å². The largest absolute Gasteiger partial charge is 0.459 e. The maximum atomic E-state index is 14.8. The van der Waals surface area contributed by atoms with Gasteiger partial charge >= 0.3 is 29.8 Å². The van der Waals surface area contributed by atoms with Crippen LogP contribution in [-0.2, 0) is 53.7 Å². The molecular weight excluding hydrogens is 1120 g/mol. The Kier molecular flexibility index (Phi) is 20.1. The van der Waals surface area contributed by atoms with Gasteiger partial charge in [0.2, 0.25) is 0 Å². The molecule has 87 heavy (non-hydrogen) atoms. The summed E-state index contributed by atoms with van der Waals surface area (Å²) in [5.41, 5.74) is 1.32. The third kappa shape index (κ3) is 14.7. The molecule has 17 heteroatoms. The summed E-state index contributed by atoms with van der Waals surface area (Å²) in [5, 5.41) is 13.4. The number of aliphatic hydroxyl groups is 1. The minimum absolute atomic E-state index is 0.0685. The lowest BCUT2D eigenvalue weighted by atomic mass is 9.95. The molecule has 0 bridgehead atoms. The van der Waals surface area contributed by atoms with Crippen molar-refractivity contribution < 1.29 is 76.1 Å². The normalized spacial score (nSPS) is 22.0. The van der Waals surface area contributed by atoms with Crippen molar-refractivity contribution in [2.45, 2.75) is 93.8 Å². The second-order valence-electron chi connectivity index (χ2n) is 21.9. The molecule has 2 aliphatic rings. The number of hydrogen-bond donors (Lipinski definition) is 1. The van der Waals surface area contributed by atoms with E-state index in [0.29, 0.717) is 5.56 Å². The molecule has 0 aromatic heterocycles. The second-order valence-corrected chi connectivity index (χ2v) is 26.2. The van der Waals surface area contributed by atoms with Crippen LogP contribution in [0.15, 0.2) is 243 Å². The van der Waals surface area contributed by atoms with Crippen molar-refractivity contribution in [2.24, 2.45) is 0 Å². The van der Waals surface area contributed by atoms with Gasteiger partial charge in [0.25, 0.3) is 8.32 Å². The molecule has 2 aliphatic heterocycles. The third-order valence-electron chi connectivity index (χ3n) is 15.1. The fourth-order valence-corrected chi connectivity index (χ4v) is 15.4. The van der Waals surface area contributed by atoms with Gasteiger partial charge in [-0.2, -0.15) is 0 Å². The average Bonchev–Trinajstić information content (AvgIpc) is 1.44. The van der Waals surface area contributed by atoms with Gasteiger partial charge in [-0.15, -0.1) is 0 Å². The van der Waals surface area contributed by atoms with Crippen LogP contribution in [0.4, 0.5) is 0 Å². The molecule has 2 saturated heterocycles. The van der Waals surface area contributed by atoms with E-state index in [0.717, 1.165) is 10.4 Å². The van der Waals surface area contributed by atoms with E-state index < -0.39 is 111 Å². The van der Waals surface area contributed by atoms with Crippen molar-refractivity contribution in [1.29, 1.82) is 0 Å². The Balaban J connectivity index is 1.15. The van der Waals surface area contributed by atoms with Gasteiger partial charge in [0.05, 0.1) is 41.0 Å². The first-order valence-corrected chi connectivity index (χ1v) is 30.5. The van der Waals surface area contributed by atoms with E-state index in [1.165, 1.54) is 24.3 Å². The third-order valence-corrected chi connectivity index (χ3v) is 20.1. The Bertz CT molecular complexity index is 3470. The highest BCUT2D eigenvalue weighted by Crippen LogP contribution is 2.40. The van der Waals surface area contributed by atoms with E-state index in [9.17, 15) is 29.1 Å². The molecule has 10 atom stereocenters. The van der Waals surface area contributed by atoms with Gasteiger partial charge in [0.15, 0.2) is 37.0 Å². The number of rotatable bonds is 21. The van der Waals surface area contributed by atoms with Crippen LogP contribution in [-0.4, -0.2) is 118 Å². The quantitative estimate of drug-likeness (QED) is 0.0405. The van der Waals surface area contributed by atoms with Crippen LogP contribution >= 0.6 is 0 Å². The zero-order valence-corrected chi connectivity index (χ0v) is 49.1. The predicted molar refractivity (Wildman–Crippen MR) is 322 cm³/mol. The topological polar surface area (TPSA) is 198 Å². The van der Waals surface area contributed by atoms with Crippen molar-refractivity contribution in [2.75, 3.05) is 13.2 Å². The Morgan fingerprint density at radius 3 is 1.18 bits per heavy atom. The van der Waals surface area contributed by atoms with Crippen molar-refractivity contribution in [3.05, 3.63) is 276 Å². The lowest BCUT2D eigenvalue weighted by Crippen LogP contribution is -2.69. The van der Waals surface area contributed by atoms with Crippen LogP contribution < -0.4 is 10.4 Å². The maximum absolute atomic E-state index is 14.8. The molecule has 0 spiro atoms. The molecule has 2 heterocycles. The summed E-state index contributed by atoms with van der Waals surface area (Å²) >= 11 is 0. The summed E-state index contributed by atoms with van der Waals surface area (Å²) in [6.45, 7) is 5.19. The van der Waals surface area contributed by atoms with Gasteiger partial charge in [0.1, 0.15) is 31.0 Å². The van der Waals surface area contributed by atoms with Gasteiger partial charge in [-0.25, -0.2) is 24.0 Å². The smallest absolute Gasteiger partial charge is 0.338 e. The first-order valence-electron chi connectivity index (χ1n) is 28.6. The number of ether oxygens (including phenoxy) is 9. The fourth-order valence-electron chi connectivity index (χ4n) is 10.8. The summed E-state index contributed by atoms with van der Waals surface area (Å²) in [6.07, 6.45) is -16.9. The average molecular weight is 1190 g/mol. The molecule has 446 valence electrons. The summed E-state index contributed by atoms with van der Waals surface area (Å²) in [5.74, 6) is -4.30. The number of aliphatic hydroxyl groups excluding tert-OH is 1. The van der Waals surface area contributed by atoms with Crippen LogP contribution in [0, 0.1) is 0 Å². The first kappa shape index (κ1) is 61.2. The molecule has 2 fully saturated rings. The molecule has 0 amide bonds. The highest BCUT2D eigenvalue weighted by atomic mass is 28.4. The number of carbonyl (C=O) groups is 5. The first-order chi connectivity index (χ1) is 42.3. The van der Waals surface area contributed by atoms with Crippen LogP contribution in [0.3, 0.4) is 0 Å². The van der Waals surface area contributed by atoms with E-state index in [-0.39, 0.29) is 41.0 Å². The number of esters is 5. The van der Waals surface area contributed by atoms with E-state index in [4.69, 9.17) is 47.1 Å². The van der Waals surface area contributed by atoms with Crippen molar-refractivity contribution in [3.63, 3.8) is 0 Å². The van der Waals surface area contributed by atoms with Gasteiger partial charge in [-0.3, -0.25) is 0 Å². The van der Waals surface area contributed by atoms with Crippen molar-refractivity contribution >= 4 is 48.5 Å². The highest BCUT2D eigenvalue weighted by Gasteiger charge is 2.58. The summed E-state index contributed by atoms with van der Waals surface area (Å²) in [4.78, 5) is 72.1. The van der Waals surface area contributed by atoms with Gasteiger partial charge in [0, 0.05) is 0 Å². The molecule has 8 aromatic carbocycles. The maximum Gasteiger partial charge on any atom is 0.338 e. The van der Waals surface area contributed by atoms with Gasteiger partial charge in [-0.1, -0.05) is 203 Å². The monoisotopic (exact) mass is 1190 g/mol. The molecule has 10 rings (SSSR count). The number of hydrogen-bond acceptors (Lipinski definition) is 16. The SMILES string of the molecule is CC(C)(C)[Si](OC[C@H]1O[C@@H](O[C@H]2[C@H](OC(=O)c3ccccc3)[C@H](OC(=O)c3ccccc3)[C@@H](O)O[C@@H]2COC(=O)c2ccccc2)[C@H](OC(=O)c2ccccc2)[C@@H](OCc2ccccc2)[C@H]1OC(=O)c1ccccc1)(c1ccccc1)c1ccccc1. The van der Waals surface area contributed by atoms with Gasteiger partial charge in [-0.05, 0) is 81.6 Å². The Hall–Kier alpha value is -8.91. The molecule has 0 saturated carbocycles. The van der Waals surface area contributed by atoms with E-state index in [1.54, 1.807) is 127 Å². The molecule has 0 aliphatic carbocycles. The van der Waals surface area contributed by atoms with Gasteiger partial charge < -0.3 is 52.2 Å². The second kappa shape index (κ2) is 28.5. The minimum atomic E-state index is -3.48. The molecule has 0 unspecified atom stereocenters. The van der Waals surface area contributed by atoms with E-state index in [2.05, 4.69) is 20.8 Å². The fraction of sp³-hybridized carbons (Fsp3) is 0.243. The minimum Gasteiger partial charge on any atom is -0.459 e. The Morgan fingerprint density at radius 2 is 0.759 bits per heavy atom. The van der Waals surface area contributed by atoms with Crippen molar-refractivity contribution in [3.8, 4) is 0 Å². The van der Waals surface area contributed by atoms with E-state index >= 15 is 0 Å². The van der Waals surface area contributed by atoms with E-state index in [1.807, 2.05) is 91.0 Å². The standard InChI is InChI=1S/C70H66O16Si/c1-70(2,3)87(53-40-24-10-25-41-53,54-42-26-11-27-43-54)79-46-56-57(82-64(72)49-32-16-6-17-33-49)59(77-44-47-28-12-4-13-29-47)62(85-67(75)52-38-22-9-23-39-52)69(81-56)86-58-55(45-78-63(71)48-30-14-5-15-31-48)80-68(76)61(84-66(74)51-36-20-8-21-37-51)60(58)83-65(73)50-34-18-7-19-35-50/h4-43,55-62,68-69,76H,44-46H2,1-3H3/t55-,56-,57+,58-,59+,60+,61+,62-,68+,69+/m1/s1. The Labute approximate surface area is 505 Å². The summed E-state index contributed by atoms with van der Waals surface area (Å²) < 4.78 is 66.8. The number of benzene rings is 8. The Morgan fingerprint density at radius 1 is 0.402 bits per heavy atom. The summed E-state index contributed by atoms with van der Waals surface area (Å²) in [7, 11) is -3.48. The lowest BCUT2D eigenvalue weighted by molar-refractivity contribution is -0.355. The molecule has 16 nitrogen and oxygen atoms in total. The molecule has 1 N–H and O–H groups in total. The van der Waals surface area contributed by atoms with Crippen LogP contribution in [0.1, 0.15) is 78.1 Å². The zero-order chi connectivity index (χ0) is 60.8. The van der Waals surface area contributed by atoms with Crippen molar-refractivity contribution in [1.82, 2.24) is 0 Å². The molecule has 8 aromatic rings. The predicted octanol–water partition coefficient (Wildman–Crippen LogP) is 9.74. The zero-order valence-electron chi connectivity index (χ0n) is 48.1. The highest BCUT2D eigenvalue weighted by molar-refractivity contribution is 6.99.